The fourth-order valence-electron chi connectivity index (χ4n) is 1.93. The van der Waals surface area contributed by atoms with Gasteiger partial charge in [-0.25, -0.2) is 0 Å². The van der Waals surface area contributed by atoms with E-state index in [1.807, 2.05) is 0 Å². The van der Waals surface area contributed by atoms with Gasteiger partial charge in [-0.1, -0.05) is 0 Å². The first kappa shape index (κ1) is 13.5. The first-order chi connectivity index (χ1) is 8.91. The summed E-state index contributed by atoms with van der Waals surface area (Å²) in [5.74, 6) is -0.138. The van der Waals surface area contributed by atoms with Crippen LogP contribution in [-0.2, 0) is 17.4 Å². The molecule has 1 aromatic carbocycles. The zero-order valence-electron chi connectivity index (χ0n) is 10.3. The Morgan fingerprint density at radius 1 is 1.37 bits per heavy atom. The highest BCUT2D eigenvalue weighted by molar-refractivity contribution is 5.85. The fourth-order valence-corrected chi connectivity index (χ4v) is 1.93. The maximum atomic E-state index is 12.6. The molecule has 0 saturated carbocycles. The normalized spacial score (nSPS) is 11.8. The summed E-state index contributed by atoms with van der Waals surface area (Å²) in [5.41, 5.74) is 0.672. The van der Waals surface area contributed by atoms with Gasteiger partial charge in [0.05, 0.1) is 5.56 Å². The van der Waals surface area contributed by atoms with Gasteiger partial charge in [0, 0.05) is 30.6 Å². The number of carbonyl (C=O) groups excluding carboxylic acids is 1. The third-order valence-corrected chi connectivity index (χ3v) is 2.99. The number of aromatic nitrogens is 1. The molecule has 0 unspecified atom stereocenters. The summed E-state index contributed by atoms with van der Waals surface area (Å²) in [6.07, 6.45) is -2.06. The maximum absolute atomic E-state index is 12.6. The number of amides is 1. The number of aromatic amines is 1. The average molecular weight is 270 g/mol. The quantitative estimate of drug-likeness (QED) is 0.885. The number of hydrogen-bond acceptors (Lipinski definition) is 1. The minimum absolute atomic E-state index is 0.138. The molecule has 0 aliphatic carbocycles. The first-order valence-electron chi connectivity index (χ1n) is 5.79. The summed E-state index contributed by atoms with van der Waals surface area (Å²) in [4.78, 5) is 14.1. The second kappa shape index (κ2) is 4.95. The molecule has 102 valence electrons. The van der Waals surface area contributed by atoms with Gasteiger partial charge in [-0.2, -0.15) is 13.2 Å². The van der Waals surface area contributed by atoms with E-state index in [2.05, 4.69) is 10.3 Å². The van der Waals surface area contributed by atoms with Crippen LogP contribution in [0, 0.1) is 0 Å². The SMILES string of the molecule is CNC(=O)CCc1c[nH]c2ccc(C(F)(F)F)cc12. The molecular formula is C13H13F3N2O. The monoisotopic (exact) mass is 270 g/mol. The zero-order valence-corrected chi connectivity index (χ0v) is 10.3. The molecule has 0 radical (unpaired) electrons. The van der Waals surface area contributed by atoms with Crippen molar-refractivity contribution in [3.63, 3.8) is 0 Å². The van der Waals surface area contributed by atoms with Crippen molar-refractivity contribution >= 4 is 16.8 Å². The number of carbonyl (C=O) groups is 1. The molecule has 0 aliphatic heterocycles. The summed E-state index contributed by atoms with van der Waals surface area (Å²) in [7, 11) is 1.53. The van der Waals surface area contributed by atoms with E-state index in [1.165, 1.54) is 13.1 Å². The molecule has 1 amide bonds. The van der Waals surface area contributed by atoms with Crippen molar-refractivity contribution in [1.29, 1.82) is 0 Å². The van der Waals surface area contributed by atoms with Crippen LogP contribution in [-0.4, -0.2) is 17.9 Å². The molecule has 2 N–H and O–H groups in total. The Bertz CT molecular complexity index is 601. The Kier molecular flexibility index (Phi) is 3.50. The maximum Gasteiger partial charge on any atom is 0.416 e. The Balaban J connectivity index is 2.32. The van der Waals surface area contributed by atoms with Gasteiger partial charge in [-0.05, 0) is 30.2 Å². The summed E-state index contributed by atoms with van der Waals surface area (Å²) in [6, 6.07) is 3.56. The van der Waals surface area contributed by atoms with Gasteiger partial charge in [0.25, 0.3) is 0 Å². The number of halogens is 3. The lowest BCUT2D eigenvalue weighted by atomic mass is 10.1. The van der Waals surface area contributed by atoms with Crippen molar-refractivity contribution in [2.75, 3.05) is 7.05 Å². The largest absolute Gasteiger partial charge is 0.416 e. The fraction of sp³-hybridized carbons (Fsp3) is 0.308. The third-order valence-electron chi connectivity index (χ3n) is 2.99. The molecule has 2 aromatic rings. The van der Waals surface area contributed by atoms with Crippen molar-refractivity contribution < 1.29 is 18.0 Å². The number of hydrogen-bond donors (Lipinski definition) is 2. The number of rotatable bonds is 3. The zero-order chi connectivity index (χ0) is 14.0. The Morgan fingerprint density at radius 3 is 2.74 bits per heavy atom. The Morgan fingerprint density at radius 2 is 2.11 bits per heavy atom. The number of fused-ring (bicyclic) bond motifs is 1. The summed E-state index contributed by atoms with van der Waals surface area (Å²) >= 11 is 0. The van der Waals surface area contributed by atoms with Gasteiger partial charge >= 0.3 is 6.18 Å². The number of H-pyrrole nitrogens is 1. The number of alkyl halides is 3. The summed E-state index contributed by atoms with van der Waals surface area (Å²) < 4.78 is 37.9. The van der Waals surface area contributed by atoms with Crippen LogP contribution in [0.25, 0.3) is 10.9 Å². The smallest absolute Gasteiger partial charge is 0.361 e. The van der Waals surface area contributed by atoms with Gasteiger partial charge in [-0.15, -0.1) is 0 Å². The van der Waals surface area contributed by atoms with Crippen LogP contribution in [0.4, 0.5) is 13.2 Å². The van der Waals surface area contributed by atoms with E-state index in [0.29, 0.717) is 22.9 Å². The molecule has 1 heterocycles. The van der Waals surface area contributed by atoms with Crippen molar-refractivity contribution in [2.24, 2.45) is 0 Å². The highest BCUT2D eigenvalue weighted by Gasteiger charge is 2.30. The van der Waals surface area contributed by atoms with Crippen molar-refractivity contribution in [3.05, 3.63) is 35.5 Å². The van der Waals surface area contributed by atoms with Crippen LogP contribution >= 0.6 is 0 Å². The number of aryl methyl sites for hydroxylation is 1. The standard InChI is InChI=1S/C13H13F3N2O/c1-17-12(19)5-2-8-7-18-11-4-3-9(6-10(8)11)13(14,15)16/h3-4,6-7,18H,2,5H2,1H3,(H,17,19). The van der Waals surface area contributed by atoms with Crippen molar-refractivity contribution in [2.45, 2.75) is 19.0 Å². The topological polar surface area (TPSA) is 44.9 Å². The summed E-state index contributed by atoms with van der Waals surface area (Å²) in [6.45, 7) is 0. The van der Waals surface area contributed by atoms with E-state index < -0.39 is 11.7 Å². The highest BCUT2D eigenvalue weighted by Crippen LogP contribution is 2.32. The van der Waals surface area contributed by atoms with E-state index in [-0.39, 0.29) is 12.3 Å². The molecule has 0 atom stereocenters. The lowest BCUT2D eigenvalue weighted by Gasteiger charge is -2.07. The van der Waals surface area contributed by atoms with E-state index in [4.69, 9.17) is 0 Å². The molecule has 0 bridgehead atoms. The van der Waals surface area contributed by atoms with Crippen molar-refractivity contribution in [1.82, 2.24) is 10.3 Å². The second-order valence-corrected chi connectivity index (χ2v) is 4.25. The van der Waals surface area contributed by atoms with Crippen molar-refractivity contribution in [3.8, 4) is 0 Å². The van der Waals surface area contributed by atoms with E-state index >= 15 is 0 Å². The van der Waals surface area contributed by atoms with Gasteiger partial charge in [-0.3, -0.25) is 4.79 Å². The van der Waals surface area contributed by atoms with Crippen LogP contribution in [0.3, 0.4) is 0 Å². The van der Waals surface area contributed by atoms with Crippen LogP contribution < -0.4 is 5.32 Å². The Labute approximate surface area is 107 Å². The molecule has 0 saturated heterocycles. The molecule has 0 fully saturated rings. The third kappa shape index (κ3) is 2.89. The minimum atomic E-state index is -4.36. The van der Waals surface area contributed by atoms with Gasteiger partial charge < -0.3 is 10.3 Å². The van der Waals surface area contributed by atoms with E-state index in [0.717, 1.165) is 12.1 Å². The van der Waals surface area contributed by atoms with Crippen LogP contribution in [0.15, 0.2) is 24.4 Å². The van der Waals surface area contributed by atoms with Crippen LogP contribution in [0.2, 0.25) is 0 Å². The van der Waals surface area contributed by atoms with Gasteiger partial charge in [0.2, 0.25) is 5.91 Å². The lowest BCUT2D eigenvalue weighted by molar-refractivity contribution is -0.137. The van der Waals surface area contributed by atoms with E-state index in [9.17, 15) is 18.0 Å². The molecule has 1 aromatic heterocycles. The minimum Gasteiger partial charge on any atom is -0.361 e. The molecule has 19 heavy (non-hydrogen) atoms. The molecule has 3 nitrogen and oxygen atoms in total. The number of benzene rings is 1. The summed E-state index contributed by atoms with van der Waals surface area (Å²) in [5, 5.41) is 2.99. The molecule has 2 rings (SSSR count). The van der Waals surface area contributed by atoms with E-state index in [1.54, 1.807) is 6.20 Å². The number of nitrogens with one attached hydrogen (secondary N) is 2. The molecule has 6 heteroatoms. The highest BCUT2D eigenvalue weighted by atomic mass is 19.4. The molecular weight excluding hydrogens is 257 g/mol. The first-order valence-corrected chi connectivity index (χ1v) is 5.79. The van der Waals surface area contributed by atoms with Crippen LogP contribution in [0.1, 0.15) is 17.5 Å². The van der Waals surface area contributed by atoms with Gasteiger partial charge in [0.1, 0.15) is 0 Å². The Hall–Kier alpha value is -1.98. The van der Waals surface area contributed by atoms with Gasteiger partial charge in [0.15, 0.2) is 0 Å². The molecule has 0 spiro atoms. The predicted molar refractivity (Wildman–Crippen MR) is 65.7 cm³/mol. The second-order valence-electron chi connectivity index (χ2n) is 4.25. The predicted octanol–water partition coefficient (Wildman–Crippen LogP) is 2.87. The molecule has 0 aliphatic rings. The van der Waals surface area contributed by atoms with Crippen LogP contribution in [0.5, 0.6) is 0 Å². The lowest BCUT2D eigenvalue weighted by Crippen LogP contribution is -2.17. The average Bonchev–Trinajstić information content (AvgIpc) is 2.77.